The fraction of sp³-hybridized carbons (Fsp3) is 0.333. The first-order valence-corrected chi connectivity index (χ1v) is 6.27. The highest BCUT2D eigenvalue weighted by atomic mass is 28.2. The van der Waals surface area contributed by atoms with Gasteiger partial charge in [0.05, 0.1) is 9.52 Å². The summed E-state index contributed by atoms with van der Waals surface area (Å²) in [4.78, 5) is 0. The van der Waals surface area contributed by atoms with Crippen molar-refractivity contribution < 1.29 is 0 Å². The third-order valence-electron chi connectivity index (χ3n) is 2.33. The molecule has 1 heteroatoms. The van der Waals surface area contributed by atoms with Gasteiger partial charge in [-0.05, 0) is 16.2 Å². The first-order valence-electron chi connectivity index (χ1n) is 4.86. The summed E-state index contributed by atoms with van der Waals surface area (Å²) in [6.07, 6.45) is 4.38. The van der Waals surface area contributed by atoms with Crippen molar-refractivity contribution in [2.45, 2.75) is 25.8 Å². The Balaban J connectivity index is 2.20. The molecule has 0 saturated heterocycles. The molecule has 0 radical (unpaired) electrons. The largest absolute Gasteiger partial charge is 0.0658 e. The molecule has 0 heterocycles. The van der Waals surface area contributed by atoms with Gasteiger partial charge in [0, 0.05) is 0 Å². The standard InChI is InChI=1S/C12H16Si/c1-12(2,3)13-11-7-6-9-4-5-10(9)8-11/h4-8H,13H2,1-3H3. The molecule has 0 aromatic heterocycles. The number of hydrogen-bond acceptors (Lipinski definition) is 0. The van der Waals surface area contributed by atoms with Crippen LogP contribution in [0.15, 0.2) is 18.2 Å². The molecule has 1 aliphatic carbocycles. The number of benzene rings is 1. The van der Waals surface area contributed by atoms with E-state index in [1.807, 2.05) is 0 Å². The molecule has 0 spiro atoms. The second-order valence-electron chi connectivity index (χ2n) is 5.03. The predicted molar refractivity (Wildman–Crippen MR) is 63.3 cm³/mol. The van der Waals surface area contributed by atoms with Crippen molar-refractivity contribution in [2.24, 2.45) is 0 Å². The zero-order chi connectivity index (χ0) is 9.47. The normalized spacial score (nSPS) is 14.7. The molecule has 0 fully saturated rings. The van der Waals surface area contributed by atoms with E-state index in [4.69, 9.17) is 0 Å². The van der Waals surface area contributed by atoms with E-state index in [0.29, 0.717) is 5.04 Å². The van der Waals surface area contributed by atoms with Crippen LogP contribution < -0.4 is 5.19 Å². The predicted octanol–water partition coefficient (Wildman–Crippen LogP) is 2.18. The third-order valence-corrected chi connectivity index (χ3v) is 4.24. The zero-order valence-corrected chi connectivity index (χ0v) is 10.0. The van der Waals surface area contributed by atoms with Crippen LogP contribution in [0, 0.1) is 0 Å². The minimum Gasteiger partial charge on any atom is -0.0658 e. The number of rotatable bonds is 1. The Morgan fingerprint density at radius 3 is 2.15 bits per heavy atom. The van der Waals surface area contributed by atoms with Gasteiger partial charge in [-0.3, -0.25) is 0 Å². The molecule has 1 aromatic rings. The summed E-state index contributed by atoms with van der Waals surface area (Å²) >= 11 is 0. The van der Waals surface area contributed by atoms with Crippen LogP contribution in [0.5, 0.6) is 0 Å². The van der Waals surface area contributed by atoms with Crippen LogP contribution in [0.4, 0.5) is 0 Å². The second-order valence-corrected chi connectivity index (χ2v) is 8.33. The average molecular weight is 188 g/mol. The van der Waals surface area contributed by atoms with E-state index in [1.54, 1.807) is 5.19 Å². The molecule has 0 atom stereocenters. The molecule has 1 aliphatic rings. The average Bonchev–Trinajstić information content (AvgIpc) is 1.92. The van der Waals surface area contributed by atoms with E-state index in [9.17, 15) is 0 Å². The Labute approximate surface area is 82.5 Å². The molecule has 13 heavy (non-hydrogen) atoms. The lowest BCUT2D eigenvalue weighted by Crippen LogP contribution is -2.23. The Morgan fingerprint density at radius 1 is 1.00 bits per heavy atom. The van der Waals surface area contributed by atoms with Crippen molar-refractivity contribution in [3.63, 3.8) is 0 Å². The van der Waals surface area contributed by atoms with Gasteiger partial charge < -0.3 is 0 Å². The van der Waals surface area contributed by atoms with Gasteiger partial charge in [-0.15, -0.1) is 0 Å². The quantitative estimate of drug-likeness (QED) is 0.602. The van der Waals surface area contributed by atoms with Crippen molar-refractivity contribution in [3.8, 4) is 0 Å². The van der Waals surface area contributed by atoms with Gasteiger partial charge in [0.1, 0.15) is 0 Å². The van der Waals surface area contributed by atoms with Crippen LogP contribution >= 0.6 is 0 Å². The molecule has 0 nitrogen and oxygen atoms in total. The molecule has 1 aromatic carbocycles. The van der Waals surface area contributed by atoms with Crippen LogP contribution in [-0.2, 0) is 0 Å². The summed E-state index contributed by atoms with van der Waals surface area (Å²) in [5, 5.41) is 2.12. The minimum absolute atomic E-state index is 0.110. The van der Waals surface area contributed by atoms with Crippen LogP contribution in [0.2, 0.25) is 5.04 Å². The SMILES string of the molecule is CC(C)(C)[SiH2]c1ccc2c(c1)C=C2. The van der Waals surface area contributed by atoms with Gasteiger partial charge in [-0.25, -0.2) is 0 Å². The molecule has 0 saturated carbocycles. The Kier molecular flexibility index (Phi) is 1.92. The highest BCUT2D eigenvalue weighted by Crippen LogP contribution is 2.23. The lowest BCUT2D eigenvalue weighted by molar-refractivity contribution is 0.759. The van der Waals surface area contributed by atoms with E-state index in [-0.39, 0.29) is 9.52 Å². The molecule has 0 N–H and O–H groups in total. The van der Waals surface area contributed by atoms with Gasteiger partial charge in [0.15, 0.2) is 0 Å². The molecule has 0 bridgehead atoms. The van der Waals surface area contributed by atoms with Gasteiger partial charge in [-0.1, -0.05) is 56.3 Å². The molecule has 68 valence electrons. The maximum absolute atomic E-state index is 2.37. The molecule has 0 aliphatic heterocycles. The van der Waals surface area contributed by atoms with Crippen molar-refractivity contribution in [3.05, 3.63) is 29.3 Å². The fourth-order valence-electron chi connectivity index (χ4n) is 1.73. The summed E-state index contributed by atoms with van der Waals surface area (Å²) < 4.78 is 0. The van der Waals surface area contributed by atoms with E-state index in [1.165, 1.54) is 11.1 Å². The minimum atomic E-state index is -0.110. The van der Waals surface area contributed by atoms with E-state index in [0.717, 1.165) is 0 Å². The second kappa shape index (κ2) is 2.84. The highest BCUT2D eigenvalue weighted by Gasteiger charge is 2.13. The van der Waals surface area contributed by atoms with Crippen LogP contribution in [0.25, 0.3) is 12.2 Å². The van der Waals surface area contributed by atoms with Crippen LogP contribution in [0.1, 0.15) is 31.9 Å². The molecular weight excluding hydrogens is 172 g/mol. The first-order chi connectivity index (χ1) is 6.04. The van der Waals surface area contributed by atoms with Gasteiger partial charge >= 0.3 is 0 Å². The monoisotopic (exact) mass is 188 g/mol. The topological polar surface area (TPSA) is 0 Å². The highest BCUT2D eigenvalue weighted by molar-refractivity contribution is 6.56. The van der Waals surface area contributed by atoms with Crippen LogP contribution in [-0.4, -0.2) is 9.52 Å². The summed E-state index contributed by atoms with van der Waals surface area (Å²) in [5.41, 5.74) is 2.85. The summed E-state index contributed by atoms with van der Waals surface area (Å²) in [5.74, 6) is 0. The number of hydrogen-bond donors (Lipinski definition) is 0. The summed E-state index contributed by atoms with van der Waals surface area (Å²) in [6.45, 7) is 7.03. The molecular formula is C12H16Si. The zero-order valence-electron chi connectivity index (χ0n) is 8.59. The molecule has 2 rings (SSSR count). The smallest absolute Gasteiger partial charge is 0.0601 e. The summed E-state index contributed by atoms with van der Waals surface area (Å²) in [7, 11) is -0.110. The summed E-state index contributed by atoms with van der Waals surface area (Å²) in [6, 6.07) is 6.93. The van der Waals surface area contributed by atoms with Crippen LogP contribution in [0.3, 0.4) is 0 Å². The van der Waals surface area contributed by atoms with Crippen molar-refractivity contribution in [1.29, 1.82) is 0 Å². The Morgan fingerprint density at radius 2 is 1.69 bits per heavy atom. The van der Waals surface area contributed by atoms with E-state index >= 15 is 0 Å². The van der Waals surface area contributed by atoms with Gasteiger partial charge in [-0.2, -0.15) is 0 Å². The molecule has 0 amide bonds. The first kappa shape index (κ1) is 8.76. The van der Waals surface area contributed by atoms with Gasteiger partial charge in [0.25, 0.3) is 0 Å². The maximum atomic E-state index is 2.37. The van der Waals surface area contributed by atoms with E-state index in [2.05, 4.69) is 51.1 Å². The lowest BCUT2D eigenvalue weighted by atomic mass is 9.98. The molecule has 0 unspecified atom stereocenters. The van der Waals surface area contributed by atoms with Crippen molar-refractivity contribution in [2.75, 3.05) is 0 Å². The maximum Gasteiger partial charge on any atom is 0.0601 e. The van der Waals surface area contributed by atoms with E-state index < -0.39 is 0 Å². The number of fused-ring (bicyclic) bond motifs is 1. The Bertz CT molecular complexity index is 356. The van der Waals surface area contributed by atoms with Gasteiger partial charge in [0.2, 0.25) is 0 Å². The fourth-order valence-corrected chi connectivity index (χ4v) is 3.51. The third kappa shape index (κ3) is 1.91. The van der Waals surface area contributed by atoms with Crippen molar-refractivity contribution in [1.82, 2.24) is 0 Å². The Hall–Kier alpha value is -0.823. The van der Waals surface area contributed by atoms with Crippen molar-refractivity contribution >= 4 is 26.9 Å². The lowest BCUT2D eigenvalue weighted by Gasteiger charge is -2.19.